The van der Waals surface area contributed by atoms with Crippen molar-refractivity contribution in [2.24, 2.45) is 0 Å². The Bertz CT molecular complexity index is 1050. The smallest absolute Gasteiger partial charge is 0.259 e. The van der Waals surface area contributed by atoms with Crippen molar-refractivity contribution in [2.45, 2.75) is 45.7 Å². The number of aryl methyl sites for hydroxylation is 2. The van der Waals surface area contributed by atoms with Crippen molar-refractivity contribution in [3.8, 4) is 5.75 Å². The molecule has 8 heteroatoms. The first kappa shape index (κ1) is 22.0. The van der Waals surface area contributed by atoms with Crippen molar-refractivity contribution in [3.63, 3.8) is 0 Å². The number of ether oxygens (including phenoxy) is 1. The lowest BCUT2D eigenvalue weighted by Gasteiger charge is -2.31. The summed E-state index contributed by atoms with van der Waals surface area (Å²) in [5, 5.41) is 2.90. The molecule has 1 fully saturated rings. The third kappa shape index (κ3) is 4.96. The van der Waals surface area contributed by atoms with Crippen molar-refractivity contribution in [1.29, 1.82) is 0 Å². The van der Waals surface area contributed by atoms with Gasteiger partial charge in [0, 0.05) is 36.7 Å². The molecule has 8 nitrogen and oxygen atoms in total. The van der Waals surface area contributed by atoms with Crippen LogP contribution in [0.25, 0.3) is 0 Å². The Morgan fingerprint density at radius 1 is 1.19 bits per heavy atom. The molecule has 0 atom stereocenters. The van der Waals surface area contributed by atoms with E-state index in [0.29, 0.717) is 22.9 Å². The highest BCUT2D eigenvalue weighted by molar-refractivity contribution is 6.04. The molecular weight excluding hydrogens is 404 g/mol. The number of anilines is 1. The Hall–Kier alpha value is -3.26. The second-order valence-electron chi connectivity index (χ2n) is 8.09. The summed E-state index contributed by atoms with van der Waals surface area (Å²) in [4.78, 5) is 28.9. The van der Waals surface area contributed by atoms with Gasteiger partial charge in [0.15, 0.2) is 0 Å². The number of benzene rings is 1. The summed E-state index contributed by atoms with van der Waals surface area (Å²) in [6, 6.07) is 7.23. The average Bonchev–Trinajstić information content (AvgIpc) is 3.27. The molecule has 0 bridgehead atoms. The van der Waals surface area contributed by atoms with Crippen LogP contribution in [0.5, 0.6) is 5.75 Å². The maximum absolute atomic E-state index is 12.7. The summed E-state index contributed by atoms with van der Waals surface area (Å²) < 4.78 is 7.34. The Balaban J connectivity index is 1.35. The number of amides is 1. The van der Waals surface area contributed by atoms with Gasteiger partial charge in [0.05, 0.1) is 24.9 Å². The molecule has 1 aliphatic heterocycles. The lowest BCUT2D eigenvalue weighted by molar-refractivity contribution is 0.102. The van der Waals surface area contributed by atoms with Gasteiger partial charge in [-0.15, -0.1) is 0 Å². The van der Waals surface area contributed by atoms with Crippen LogP contribution in [0, 0.1) is 6.92 Å². The number of imidazole rings is 1. The van der Waals surface area contributed by atoms with Crippen molar-refractivity contribution in [1.82, 2.24) is 24.4 Å². The molecule has 1 aliphatic rings. The average molecular weight is 435 g/mol. The molecule has 2 aromatic heterocycles. The quantitative estimate of drug-likeness (QED) is 0.611. The minimum Gasteiger partial charge on any atom is -0.497 e. The van der Waals surface area contributed by atoms with E-state index in [9.17, 15) is 4.79 Å². The fourth-order valence-electron chi connectivity index (χ4n) is 4.11. The van der Waals surface area contributed by atoms with Gasteiger partial charge in [-0.1, -0.05) is 0 Å². The van der Waals surface area contributed by atoms with Crippen LogP contribution in [0.15, 0.2) is 42.9 Å². The molecule has 1 N–H and O–H groups in total. The number of carbonyl (C=O) groups is 1. The maximum atomic E-state index is 12.7. The molecule has 1 aromatic carbocycles. The van der Waals surface area contributed by atoms with Crippen LogP contribution in [0.2, 0.25) is 0 Å². The van der Waals surface area contributed by atoms with Crippen LogP contribution in [0.3, 0.4) is 0 Å². The van der Waals surface area contributed by atoms with Gasteiger partial charge in [-0.3, -0.25) is 9.69 Å². The number of rotatable bonds is 7. The summed E-state index contributed by atoms with van der Waals surface area (Å²) in [6.45, 7) is 7.80. The second-order valence-corrected chi connectivity index (χ2v) is 8.09. The number of aromatic nitrogens is 4. The van der Waals surface area contributed by atoms with E-state index in [1.165, 1.54) is 0 Å². The summed E-state index contributed by atoms with van der Waals surface area (Å²) in [5.41, 5.74) is 1.90. The van der Waals surface area contributed by atoms with Gasteiger partial charge in [-0.25, -0.2) is 15.0 Å². The van der Waals surface area contributed by atoms with E-state index in [1.54, 1.807) is 13.3 Å². The van der Waals surface area contributed by atoms with E-state index in [4.69, 9.17) is 4.74 Å². The van der Waals surface area contributed by atoms with Crippen LogP contribution in [-0.4, -0.2) is 50.5 Å². The molecule has 0 spiro atoms. The lowest BCUT2D eigenvalue weighted by atomic mass is 9.95. The van der Waals surface area contributed by atoms with E-state index in [-0.39, 0.29) is 5.91 Å². The van der Waals surface area contributed by atoms with Gasteiger partial charge >= 0.3 is 0 Å². The number of nitrogens with zero attached hydrogens (tertiary/aromatic N) is 5. The van der Waals surface area contributed by atoms with Gasteiger partial charge in [0.1, 0.15) is 17.4 Å². The molecule has 0 aliphatic carbocycles. The summed E-state index contributed by atoms with van der Waals surface area (Å²) >= 11 is 0. The summed E-state index contributed by atoms with van der Waals surface area (Å²) in [6.07, 6.45) is 7.56. The molecule has 0 radical (unpaired) electrons. The molecule has 3 aromatic rings. The van der Waals surface area contributed by atoms with Gasteiger partial charge < -0.3 is 14.6 Å². The standard InChI is InChI=1S/C24H30N6O2/c1-4-30-14-11-25-22(30)16-29-12-9-18(10-13-29)23-26-15-21(17(2)27-23)24(31)28-19-5-7-20(32-3)8-6-19/h5-8,11,14-15,18H,4,9-10,12-13,16H2,1-3H3,(H,28,31). The Kier molecular flexibility index (Phi) is 6.80. The normalized spacial score (nSPS) is 15.0. The van der Waals surface area contributed by atoms with Gasteiger partial charge in [-0.05, 0) is 64.0 Å². The van der Waals surface area contributed by atoms with Crippen molar-refractivity contribution < 1.29 is 9.53 Å². The van der Waals surface area contributed by atoms with Crippen LogP contribution in [-0.2, 0) is 13.1 Å². The van der Waals surface area contributed by atoms with E-state index in [1.807, 2.05) is 43.6 Å². The van der Waals surface area contributed by atoms with Crippen LogP contribution in [0.4, 0.5) is 5.69 Å². The predicted octanol–water partition coefficient (Wildman–Crippen LogP) is 3.64. The van der Waals surface area contributed by atoms with E-state index < -0.39 is 0 Å². The van der Waals surface area contributed by atoms with Crippen LogP contribution in [0.1, 0.15) is 53.4 Å². The van der Waals surface area contributed by atoms with Crippen molar-refractivity contribution in [2.75, 3.05) is 25.5 Å². The molecule has 0 saturated carbocycles. The highest BCUT2D eigenvalue weighted by atomic mass is 16.5. The number of hydrogen-bond acceptors (Lipinski definition) is 6. The summed E-state index contributed by atoms with van der Waals surface area (Å²) in [7, 11) is 1.61. The summed E-state index contributed by atoms with van der Waals surface area (Å²) in [5.74, 6) is 2.80. The first-order chi connectivity index (χ1) is 15.6. The third-order valence-electron chi connectivity index (χ3n) is 6.05. The molecule has 32 heavy (non-hydrogen) atoms. The van der Waals surface area contributed by atoms with Crippen molar-refractivity contribution in [3.05, 3.63) is 65.8 Å². The molecule has 1 saturated heterocycles. The minimum absolute atomic E-state index is 0.208. The zero-order chi connectivity index (χ0) is 22.5. The number of methoxy groups -OCH3 is 1. The lowest BCUT2D eigenvalue weighted by Crippen LogP contribution is -2.34. The molecule has 4 rings (SSSR count). The monoisotopic (exact) mass is 434 g/mol. The number of nitrogens with one attached hydrogen (secondary N) is 1. The van der Waals surface area contributed by atoms with Gasteiger partial charge in [0.25, 0.3) is 5.91 Å². The topological polar surface area (TPSA) is 85.2 Å². The Morgan fingerprint density at radius 3 is 2.59 bits per heavy atom. The molecular formula is C24H30N6O2. The number of carbonyl (C=O) groups excluding carboxylic acids is 1. The maximum Gasteiger partial charge on any atom is 0.259 e. The first-order valence-corrected chi connectivity index (χ1v) is 11.1. The highest BCUT2D eigenvalue weighted by Crippen LogP contribution is 2.27. The molecule has 1 amide bonds. The zero-order valence-electron chi connectivity index (χ0n) is 18.9. The van der Waals surface area contributed by atoms with E-state index in [2.05, 4.69) is 36.7 Å². The highest BCUT2D eigenvalue weighted by Gasteiger charge is 2.24. The number of hydrogen-bond donors (Lipinski definition) is 1. The largest absolute Gasteiger partial charge is 0.497 e. The van der Waals surface area contributed by atoms with Crippen molar-refractivity contribution >= 4 is 11.6 Å². The van der Waals surface area contributed by atoms with Crippen LogP contribution >= 0.6 is 0 Å². The predicted molar refractivity (Wildman–Crippen MR) is 123 cm³/mol. The number of piperidine rings is 1. The SMILES string of the molecule is CCn1ccnc1CN1CCC(c2ncc(C(=O)Nc3ccc(OC)cc3)c(C)n2)CC1. The van der Waals surface area contributed by atoms with E-state index in [0.717, 1.165) is 56.4 Å². The molecule has 168 valence electrons. The fourth-order valence-corrected chi connectivity index (χ4v) is 4.11. The first-order valence-electron chi connectivity index (χ1n) is 11.1. The Morgan fingerprint density at radius 2 is 1.94 bits per heavy atom. The molecule has 3 heterocycles. The zero-order valence-corrected chi connectivity index (χ0v) is 18.9. The number of likely N-dealkylation sites (tertiary alicyclic amines) is 1. The van der Waals surface area contributed by atoms with Gasteiger partial charge in [0.2, 0.25) is 0 Å². The third-order valence-corrected chi connectivity index (χ3v) is 6.05. The Labute approximate surface area is 188 Å². The second kappa shape index (κ2) is 9.91. The molecule has 0 unspecified atom stereocenters. The fraction of sp³-hybridized carbons (Fsp3) is 0.417. The minimum atomic E-state index is -0.208. The van der Waals surface area contributed by atoms with Crippen LogP contribution < -0.4 is 10.1 Å². The van der Waals surface area contributed by atoms with E-state index >= 15 is 0 Å². The van der Waals surface area contributed by atoms with Gasteiger partial charge in [-0.2, -0.15) is 0 Å².